The van der Waals surface area contributed by atoms with Crippen molar-refractivity contribution in [2.75, 3.05) is 46.4 Å². The summed E-state index contributed by atoms with van der Waals surface area (Å²) in [6.45, 7) is 4.87. The molecule has 0 amide bonds. The quantitative estimate of drug-likeness (QED) is 0.621. The van der Waals surface area contributed by atoms with Crippen LogP contribution in [0.1, 0.15) is 25.7 Å². The number of piperazine rings is 1. The Morgan fingerprint density at radius 3 is 2.46 bits per heavy atom. The first kappa shape index (κ1) is 23.9. The summed E-state index contributed by atoms with van der Waals surface area (Å²) in [6, 6.07) is 0. The van der Waals surface area contributed by atoms with Crippen LogP contribution < -0.4 is 10.0 Å². The number of carbonyl (C=O) groups excluding carboxylic acids is 1. The van der Waals surface area contributed by atoms with E-state index >= 15 is 0 Å². The smallest absolute Gasteiger partial charge is 0.310 e. The summed E-state index contributed by atoms with van der Waals surface area (Å²) in [4.78, 5) is 14.0. The zero-order valence-corrected chi connectivity index (χ0v) is 16.5. The molecule has 0 bridgehead atoms. The predicted molar refractivity (Wildman–Crippen MR) is 98.5 cm³/mol. The third-order valence-electron chi connectivity index (χ3n) is 4.55. The van der Waals surface area contributed by atoms with Crippen LogP contribution in [0.2, 0.25) is 0 Å². The molecule has 0 aromatic heterocycles. The Morgan fingerprint density at radius 2 is 1.83 bits per heavy atom. The molecule has 1 saturated carbocycles. The monoisotopic (exact) mass is 405 g/mol. The van der Waals surface area contributed by atoms with E-state index in [0.29, 0.717) is 25.9 Å². The average molecular weight is 406 g/mol. The van der Waals surface area contributed by atoms with Gasteiger partial charge in [-0.05, 0) is 12.8 Å². The van der Waals surface area contributed by atoms with Gasteiger partial charge in [-0.2, -0.15) is 0 Å². The number of nitrogens with one attached hydrogen (secondary N) is 2. The van der Waals surface area contributed by atoms with Crippen molar-refractivity contribution in [3.8, 4) is 0 Å². The van der Waals surface area contributed by atoms with Crippen molar-refractivity contribution in [1.29, 1.82) is 0 Å². The topological polar surface area (TPSA) is 87.7 Å². The number of hydrogen-bond acceptors (Lipinski definition) is 6. The second-order valence-electron chi connectivity index (χ2n) is 5.98. The number of esters is 1. The van der Waals surface area contributed by atoms with Gasteiger partial charge in [0.2, 0.25) is 10.0 Å². The Bertz CT molecular complexity index is 473. The highest BCUT2D eigenvalue weighted by Crippen LogP contribution is 2.30. The van der Waals surface area contributed by atoms with Gasteiger partial charge in [-0.25, -0.2) is 13.1 Å². The molecule has 1 aliphatic carbocycles. The lowest BCUT2D eigenvalue weighted by Gasteiger charge is -2.30. The number of methoxy groups -OCH3 is 1. The van der Waals surface area contributed by atoms with Crippen LogP contribution in [0.5, 0.6) is 0 Å². The second kappa shape index (κ2) is 11.5. The highest BCUT2D eigenvalue weighted by Gasteiger charge is 2.40. The summed E-state index contributed by atoms with van der Waals surface area (Å²) in [5, 5.41) is 2.61. The number of ether oxygens (including phenoxy) is 1. The number of sulfonamides is 1. The molecule has 2 fully saturated rings. The summed E-state index contributed by atoms with van der Waals surface area (Å²) >= 11 is 0. The second-order valence-corrected chi connectivity index (χ2v) is 7.97. The molecule has 7 nitrogen and oxygen atoms in total. The summed E-state index contributed by atoms with van der Waals surface area (Å²) < 4.78 is 32.5. The zero-order chi connectivity index (χ0) is 16.0. The SMILES string of the molecule is COC(=O)C1CCCCC1S(=O)(=O)NCCN1CCNCC1.Cl.Cl. The van der Waals surface area contributed by atoms with E-state index in [9.17, 15) is 13.2 Å². The number of rotatable bonds is 6. The van der Waals surface area contributed by atoms with Crippen LogP contribution in [0.3, 0.4) is 0 Å². The van der Waals surface area contributed by atoms with Crippen molar-refractivity contribution in [2.24, 2.45) is 5.92 Å². The normalized spacial score (nSPS) is 25.2. The number of halogens is 2. The van der Waals surface area contributed by atoms with Gasteiger partial charge in [-0.15, -0.1) is 24.8 Å². The maximum atomic E-state index is 12.5. The molecule has 1 heterocycles. The van der Waals surface area contributed by atoms with Gasteiger partial charge < -0.3 is 10.1 Å². The van der Waals surface area contributed by atoms with Crippen molar-refractivity contribution < 1.29 is 17.9 Å². The van der Waals surface area contributed by atoms with E-state index in [0.717, 1.165) is 39.0 Å². The average Bonchev–Trinajstić information content (AvgIpc) is 2.55. The van der Waals surface area contributed by atoms with E-state index in [2.05, 4.69) is 14.9 Å². The third kappa shape index (κ3) is 6.65. The molecule has 2 atom stereocenters. The minimum absolute atomic E-state index is 0. The molecule has 2 rings (SSSR count). The fraction of sp³-hybridized carbons (Fsp3) is 0.929. The Labute approximate surface area is 157 Å². The molecule has 1 saturated heterocycles. The van der Waals surface area contributed by atoms with E-state index in [-0.39, 0.29) is 24.8 Å². The lowest BCUT2D eigenvalue weighted by atomic mass is 9.89. The van der Waals surface area contributed by atoms with Crippen molar-refractivity contribution in [2.45, 2.75) is 30.9 Å². The van der Waals surface area contributed by atoms with Crippen molar-refractivity contribution in [3.05, 3.63) is 0 Å². The summed E-state index contributed by atoms with van der Waals surface area (Å²) in [7, 11) is -2.16. The van der Waals surface area contributed by atoms with E-state index in [1.807, 2.05) is 0 Å². The summed E-state index contributed by atoms with van der Waals surface area (Å²) in [5.41, 5.74) is 0. The van der Waals surface area contributed by atoms with Crippen molar-refractivity contribution >= 4 is 40.8 Å². The van der Waals surface area contributed by atoms with Gasteiger partial charge in [-0.3, -0.25) is 9.69 Å². The van der Waals surface area contributed by atoms with E-state index in [4.69, 9.17) is 4.74 Å². The van der Waals surface area contributed by atoms with Gasteiger partial charge >= 0.3 is 5.97 Å². The third-order valence-corrected chi connectivity index (χ3v) is 6.51. The molecule has 10 heteroatoms. The molecule has 0 aromatic carbocycles. The van der Waals surface area contributed by atoms with Crippen LogP contribution in [-0.4, -0.2) is 70.9 Å². The molecule has 0 radical (unpaired) electrons. The number of hydrogen-bond donors (Lipinski definition) is 2. The molecular weight excluding hydrogens is 377 g/mol. The first-order valence-electron chi connectivity index (χ1n) is 8.04. The molecule has 24 heavy (non-hydrogen) atoms. The first-order chi connectivity index (χ1) is 10.5. The van der Waals surface area contributed by atoms with Gasteiger partial charge in [0.15, 0.2) is 0 Å². The van der Waals surface area contributed by atoms with E-state index in [1.165, 1.54) is 7.11 Å². The molecular formula is C14H29Cl2N3O4S. The molecule has 2 aliphatic rings. The van der Waals surface area contributed by atoms with Gasteiger partial charge in [0.1, 0.15) is 0 Å². The highest BCUT2D eigenvalue weighted by molar-refractivity contribution is 7.90. The summed E-state index contributed by atoms with van der Waals surface area (Å²) in [5.74, 6) is -0.937. The molecule has 144 valence electrons. The predicted octanol–water partition coefficient (Wildman–Crippen LogP) is 0.386. The molecule has 0 aromatic rings. The number of carbonyl (C=O) groups is 1. The number of nitrogens with zero attached hydrogens (tertiary/aromatic N) is 1. The van der Waals surface area contributed by atoms with Gasteiger partial charge in [-0.1, -0.05) is 12.8 Å². The lowest BCUT2D eigenvalue weighted by Crippen LogP contribution is -2.48. The molecule has 2 N–H and O–H groups in total. The van der Waals surface area contributed by atoms with Crippen LogP contribution >= 0.6 is 24.8 Å². The van der Waals surface area contributed by atoms with Gasteiger partial charge in [0.05, 0.1) is 18.3 Å². The van der Waals surface area contributed by atoms with Crippen LogP contribution in [0.15, 0.2) is 0 Å². The Balaban J connectivity index is 0.00000264. The highest BCUT2D eigenvalue weighted by atomic mass is 35.5. The largest absolute Gasteiger partial charge is 0.469 e. The fourth-order valence-electron chi connectivity index (χ4n) is 3.28. The Hall–Kier alpha value is -0.120. The minimum Gasteiger partial charge on any atom is -0.469 e. The zero-order valence-electron chi connectivity index (χ0n) is 14.0. The summed E-state index contributed by atoms with van der Waals surface area (Å²) in [6.07, 6.45) is 2.85. The fourth-order valence-corrected chi connectivity index (χ4v) is 5.02. The van der Waals surface area contributed by atoms with Gasteiger partial charge in [0, 0.05) is 39.3 Å². The first-order valence-corrected chi connectivity index (χ1v) is 9.58. The van der Waals surface area contributed by atoms with E-state index in [1.54, 1.807) is 0 Å². The van der Waals surface area contributed by atoms with Crippen LogP contribution in [-0.2, 0) is 19.6 Å². The van der Waals surface area contributed by atoms with Crippen LogP contribution in [0.25, 0.3) is 0 Å². The van der Waals surface area contributed by atoms with Crippen LogP contribution in [0.4, 0.5) is 0 Å². The van der Waals surface area contributed by atoms with Gasteiger partial charge in [0.25, 0.3) is 0 Å². The van der Waals surface area contributed by atoms with Crippen molar-refractivity contribution in [3.63, 3.8) is 0 Å². The lowest BCUT2D eigenvalue weighted by molar-refractivity contribution is -0.146. The maximum Gasteiger partial charge on any atom is 0.310 e. The molecule has 0 spiro atoms. The minimum atomic E-state index is -3.48. The maximum absolute atomic E-state index is 12.5. The molecule has 1 aliphatic heterocycles. The van der Waals surface area contributed by atoms with Crippen LogP contribution in [0, 0.1) is 5.92 Å². The molecule has 2 unspecified atom stereocenters. The van der Waals surface area contributed by atoms with Crippen molar-refractivity contribution in [1.82, 2.24) is 14.9 Å². The standard InChI is InChI=1S/C14H27N3O4S.2ClH/c1-21-14(18)12-4-2-3-5-13(12)22(19,20)16-8-11-17-9-6-15-7-10-17;;/h12-13,15-16H,2-11H2,1H3;2*1H. The Morgan fingerprint density at radius 1 is 1.21 bits per heavy atom. The van der Waals surface area contributed by atoms with E-state index < -0.39 is 27.2 Å². The Kier molecular flexibility index (Phi) is 11.4.